The van der Waals surface area contributed by atoms with Gasteiger partial charge in [-0.1, -0.05) is 19.9 Å². The van der Waals surface area contributed by atoms with E-state index in [2.05, 4.69) is 47.3 Å². The van der Waals surface area contributed by atoms with Gasteiger partial charge in [-0.05, 0) is 24.1 Å². The highest BCUT2D eigenvalue weighted by Crippen LogP contribution is 2.20. The fourth-order valence-corrected chi connectivity index (χ4v) is 2.33. The molecule has 20 heavy (non-hydrogen) atoms. The quantitative estimate of drug-likeness (QED) is 0.809. The Balaban J connectivity index is 1.97. The lowest BCUT2D eigenvalue weighted by Crippen LogP contribution is -2.29. The van der Waals surface area contributed by atoms with Gasteiger partial charge in [0.15, 0.2) is 0 Å². The Morgan fingerprint density at radius 1 is 1.45 bits per heavy atom. The summed E-state index contributed by atoms with van der Waals surface area (Å²) in [6, 6.07) is 4.76. The van der Waals surface area contributed by atoms with Crippen molar-refractivity contribution >= 4 is 5.69 Å². The molecular weight excluding hydrogens is 250 g/mol. The van der Waals surface area contributed by atoms with Crippen LogP contribution >= 0.6 is 0 Å². The van der Waals surface area contributed by atoms with Crippen molar-refractivity contribution in [2.24, 2.45) is 0 Å². The highest BCUT2D eigenvalue weighted by molar-refractivity contribution is 5.48. The highest BCUT2D eigenvalue weighted by atomic mass is 16.5. The molecule has 2 rings (SSSR count). The number of methoxy groups -OCH3 is 1. The second-order valence-electron chi connectivity index (χ2n) is 5.53. The minimum atomic E-state index is 0.481. The number of nitrogens with one attached hydrogen (secondary N) is 1. The van der Waals surface area contributed by atoms with Crippen molar-refractivity contribution < 1.29 is 4.74 Å². The molecular formula is C16H25N3O. The lowest BCUT2D eigenvalue weighted by molar-refractivity contribution is 0.222. The number of aromatic nitrogens is 1. The molecule has 4 heteroatoms. The Labute approximate surface area is 121 Å². The number of ether oxygens (including phenoxy) is 1. The van der Waals surface area contributed by atoms with E-state index in [1.54, 1.807) is 7.11 Å². The summed E-state index contributed by atoms with van der Waals surface area (Å²) in [5, 5.41) is 3.41. The van der Waals surface area contributed by atoms with Gasteiger partial charge in [-0.15, -0.1) is 0 Å². The van der Waals surface area contributed by atoms with Crippen molar-refractivity contribution in [1.82, 2.24) is 10.3 Å². The van der Waals surface area contributed by atoms with Gasteiger partial charge in [0.1, 0.15) is 0 Å². The summed E-state index contributed by atoms with van der Waals surface area (Å²) in [7, 11) is 1.75. The molecule has 110 valence electrons. The van der Waals surface area contributed by atoms with Gasteiger partial charge in [0.05, 0.1) is 12.3 Å². The van der Waals surface area contributed by atoms with E-state index in [1.165, 1.54) is 11.3 Å². The number of hydrogen-bond donors (Lipinski definition) is 1. The molecule has 1 aliphatic rings. The predicted octanol–water partition coefficient (Wildman–Crippen LogP) is 2.36. The molecule has 0 saturated heterocycles. The summed E-state index contributed by atoms with van der Waals surface area (Å²) in [5.74, 6) is 0. The number of anilines is 1. The summed E-state index contributed by atoms with van der Waals surface area (Å²) < 4.78 is 5.19. The normalized spacial score (nSPS) is 15.6. The van der Waals surface area contributed by atoms with Gasteiger partial charge in [0.2, 0.25) is 0 Å². The average Bonchev–Trinajstić information content (AvgIpc) is 2.47. The zero-order valence-corrected chi connectivity index (χ0v) is 12.7. The highest BCUT2D eigenvalue weighted by Gasteiger charge is 2.12. The van der Waals surface area contributed by atoms with Gasteiger partial charge in [-0.25, -0.2) is 0 Å². The fourth-order valence-electron chi connectivity index (χ4n) is 2.33. The predicted molar refractivity (Wildman–Crippen MR) is 83.0 cm³/mol. The van der Waals surface area contributed by atoms with Crippen LogP contribution in [0, 0.1) is 0 Å². The van der Waals surface area contributed by atoms with Gasteiger partial charge in [0.25, 0.3) is 0 Å². The zero-order valence-electron chi connectivity index (χ0n) is 12.7. The zero-order chi connectivity index (χ0) is 14.4. The number of rotatable bonds is 6. The second kappa shape index (κ2) is 7.41. The van der Waals surface area contributed by atoms with Crippen molar-refractivity contribution in [3.8, 4) is 0 Å². The molecule has 1 aromatic rings. The van der Waals surface area contributed by atoms with Crippen LogP contribution in [0.5, 0.6) is 0 Å². The first kappa shape index (κ1) is 15.0. The first-order valence-electron chi connectivity index (χ1n) is 7.29. The Bertz CT molecular complexity index is 457. The molecule has 0 aromatic carbocycles. The molecule has 1 aromatic heterocycles. The van der Waals surface area contributed by atoms with Crippen LogP contribution < -0.4 is 10.2 Å². The van der Waals surface area contributed by atoms with Gasteiger partial charge in [-0.3, -0.25) is 4.98 Å². The van der Waals surface area contributed by atoms with Crippen LogP contribution in [0.4, 0.5) is 5.69 Å². The maximum atomic E-state index is 5.19. The fraction of sp³-hybridized carbons (Fsp3) is 0.562. The number of pyridine rings is 1. The molecule has 0 aliphatic carbocycles. The lowest BCUT2D eigenvalue weighted by Gasteiger charge is -2.28. The smallest absolute Gasteiger partial charge is 0.0674 e. The molecule has 0 amide bonds. The SMILES string of the molecule is COCC1=CCN(c2ccnc(CNC(C)C)c2)CC1. The Kier molecular flexibility index (Phi) is 5.56. The molecule has 0 atom stereocenters. The van der Waals surface area contributed by atoms with E-state index in [4.69, 9.17) is 4.74 Å². The Morgan fingerprint density at radius 2 is 2.30 bits per heavy atom. The summed E-state index contributed by atoms with van der Waals surface area (Å²) >= 11 is 0. The maximum Gasteiger partial charge on any atom is 0.0674 e. The maximum absolute atomic E-state index is 5.19. The van der Waals surface area contributed by atoms with E-state index in [0.29, 0.717) is 6.04 Å². The third-order valence-electron chi connectivity index (χ3n) is 3.49. The molecule has 0 unspecified atom stereocenters. The van der Waals surface area contributed by atoms with Crippen molar-refractivity contribution in [2.75, 3.05) is 31.7 Å². The van der Waals surface area contributed by atoms with Gasteiger partial charge < -0.3 is 15.0 Å². The molecule has 4 nitrogen and oxygen atoms in total. The summed E-state index contributed by atoms with van der Waals surface area (Å²) in [6.07, 6.45) is 5.26. The van der Waals surface area contributed by atoms with Crippen molar-refractivity contribution in [3.05, 3.63) is 35.7 Å². The van der Waals surface area contributed by atoms with E-state index >= 15 is 0 Å². The minimum Gasteiger partial charge on any atom is -0.380 e. The minimum absolute atomic E-state index is 0.481. The second-order valence-corrected chi connectivity index (χ2v) is 5.53. The largest absolute Gasteiger partial charge is 0.380 e. The first-order valence-corrected chi connectivity index (χ1v) is 7.29. The third kappa shape index (κ3) is 4.32. The van der Waals surface area contributed by atoms with E-state index in [-0.39, 0.29) is 0 Å². The Morgan fingerprint density at radius 3 is 2.95 bits per heavy atom. The standard InChI is InChI=1S/C16H25N3O/c1-13(2)18-11-15-10-16(4-7-17-15)19-8-5-14(6-9-19)12-20-3/h4-5,7,10,13,18H,6,8-9,11-12H2,1-3H3. The van der Waals surface area contributed by atoms with Crippen LogP contribution in [0.1, 0.15) is 26.0 Å². The molecule has 1 N–H and O–H groups in total. The monoisotopic (exact) mass is 275 g/mol. The molecule has 0 saturated carbocycles. The molecule has 0 bridgehead atoms. The number of nitrogens with zero attached hydrogens (tertiary/aromatic N) is 2. The molecule has 1 aliphatic heterocycles. The van der Waals surface area contributed by atoms with Crippen LogP contribution in [0.25, 0.3) is 0 Å². The van der Waals surface area contributed by atoms with Crippen LogP contribution in [-0.4, -0.2) is 37.8 Å². The molecule has 0 fully saturated rings. The summed E-state index contributed by atoms with van der Waals surface area (Å²) in [4.78, 5) is 6.81. The van der Waals surface area contributed by atoms with E-state index in [1.807, 2.05) is 6.20 Å². The van der Waals surface area contributed by atoms with Crippen LogP contribution in [0.15, 0.2) is 30.0 Å². The van der Waals surface area contributed by atoms with Crippen molar-refractivity contribution in [1.29, 1.82) is 0 Å². The van der Waals surface area contributed by atoms with E-state index in [0.717, 1.165) is 38.4 Å². The van der Waals surface area contributed by atoms with Crippen molar-refractivity contribution in [3.63, 3.8) is 0 Å². The average molecular weight is 275 g/mol. The summed E-state index contributed by atoms with van der Waals surface area (Å²) in [5.41, 5.74) is 3.76. The van der Waals surface area contributed by atoms with Gasteiger partial charge >= 0.3 is 0 Å². The van der Waals surface area contributed by atoms with E-state index < -0.39 is 0 Å². The van der Waals surface area contributed by atoms with E-state index in [9.17, 15) is 0 Å². The Hall–Kier alpha value is -1.39. The molecule has 0 spiro atoms. The molecule has 0 radical (unpaired) electrons. The number of hydrogen-bond acceptors (Lipinski definition) is 4. The van der Waals surface area contributed by atoms with Crippen LogP contribution in [-0.2, 0) is 11.3 Å². The van der Waals surface area contributed by atoms with Crippen LogP contribution in [0.3, 0.4) is 0 Å². The van der Waals surface area contributed by atoms with Crippen LogP contribution in [0.2, 0.25) is 0 Å². The molecule has 2 heterocycles. The third-order valence-corrected chi connectivity index (χ3v) is 3.49. The topological polar surface area (TPSA) is 37.4 Å². The summed E-state index contributed by atoms with van der Waals surface area (Å²) in [6.45, 7) is 7.89. The lowest BCUT2D eigenvalue weighted by atomic mass is 10.1. The first-order chi connectivity index (χ1) is 9.69. The van der Waals surface area contributed by atoms with Crippen molar-refractivity contribution in [2.45, 2.75) is 32.9 Å². The van der Waals surface area contributed by atoms with Gasteiger partial charge in [-0.2, -0.15) is 0 Å². The van der Waals surface area contributed by atoms with Gasteiger partial charge in [0, 0.05) is 44.7 Å².